The summed E-state index contributed by atoms with van der Waals surface area (Å²) in [4.78, 5) is 11.1. The maximum absolute atomic E-state index is 11.1. The van der Waals surface area contributed by atoms with Gasteiger partial charge in [0.05, 0.1) is 6.61 Å². The van der Waals surface area contributed by atoms with Gasteiger partial charge in [-0.25, -0.2) is 0 Å². The van der Waals surface area contributed by atoms with Crippen LogP contribution in [-0.4, -0.2) is 31.3 Å². The van der Waals surface area contributed by atoms with E-state index in [1.165, 1.54) is 64.2 Å². The van der Waals surface area contributed by atoms with E-state index in [2.05, 4.69) is 19.1 Å². The Kier molecular flexibility index (Phi) is 22.6. The molecule has 0 aliphatic rings. The van der Waals surface area contributed by atoms with E-state index in [1.54, 1.807) is 0 Å². The number of esters is 1. The summed E-state index contributed by atoms with van der Waals surface area (Å²) in [6.07, 6.45) is 21.5. The van der Waals surface area contributed by atoms with E-state index in [9.17, 15) is 13.2 Å². The summed E-state index contributed by atoms with van der Waals surface area (Å²) < 4.78 is 34.2. The van der Waals surface area contributed by atoms with Crippen LogP contribution in [0.25, 0.3) is 0 Å². The number of unbranched alkanes of at least 4 members (excludes halogenated alkanes) is 12. The number of allylic oxidation sites excluding steroid dienone is 2. The standard InChI is InChI=1S/C20H38O5S.Na.H/c1-2-3-4-5-6-7-8-9-10-11-12-13-14-15-16-17-18-25-20(21)19-26(22,23)24;;/h9-10H,2-8,11-19H2,1H3,(H,22,23,24);;/q;+1;-1/b10-9-;;. The molecule has 0 aromatic carbocycles. The van der Waals surface area contributed by atoms with Gasteiger partial charge in [-0.15, -0.1) is 0 Å². The second-order valence-corrected chi connectivity index (χ2v) is 8.34. The minimum absolute atomic E-state index is 0. The van der Waals surface area contributed by atoms with E-state index < -0.39 is 21.8 Å². The van der Waals surface area contributed by atoms with Gasteiger partial charge in [-0.05, 0) is 32.1 Å². The van der Waals surface area contributed by atoms with E-state index in [0.29, 0.717) is 0 Å². The van der Waals surface area contributed by atoms with Crippen molar-refractivity contribution in [3.8, 4) is 0 Å². The van der Waals surface area contributed by atoms with Crippen molar-refractivity contribution in [3.05, 3.63) is 12.2 Å². The molecule has 0 rings (SSSR count). The molecule has 0 bridgehead atoms. The van der Waals surface area contributed by atoms with Gasteiger partial charge in [0.1, 0.15) is 0 Å². The van der Waals surface area contributed by atoms with Crippen LogP contribution in [0.3, 0.4) is 0 Å². The second kappa shape index (κ2) is 20.8. The fourth-order valence-electron chi connectivity index (χ4n) is 2.73. The fourth-order valence-corrected chi connectivity index (χ4v) is 3.11. The second-order valence-electron chi connectivity index (χ2n) is 6.88. The molecule has 0 saturated carbocycles. The van der Waals surface area contributed by atoms with Crippen LogP contribution in [0.5, 0.6) is 0 Å². The molecule has 0 fully saturated rings. The first-order valence-electron chi connectivity index (χ1n) is 10.2. The Hall–Kier alpha value is 0.120. The maximum atomic E-state index is 11.1. The van der Waals surface area contributed by atoms with E-state index in [-0.39, 0.29) is 37.6 Å². The van der Waals surface area contributed by atoms with Crippen molar-refractivity contribution >= 4 is 16.1 Å². The van der Waals surface area contributed by atoms with Crippen molar-refractivity contribution in [1.29, 1.82) is 0 Å². The van der Waals surface area contributed by atoms with E-state index >= 15 is 0 Å². The van der Waals surface area contributed by atoms with Gasteiger partial charge in [-0.3, -0.25) is 9.35 Å². The van der Waals surface area contributed by atoms with Gasteiger partial charge in [-0.2, -0.15) is 8.42 Å². The smallest absolute Gasteiger partial charge is 1.00 e. The average Bonchev–Trinajstić information content (AvgIpc) is 2.56. The first kappa shape index (κ1) is 29.3. The summed E-state index contributed by atoms with van der Waals surface area (Å²) in [5.74, 6) is -1.85. The Labute approximate surface area is 190 Å². The number of rotatable bonds is 18. The van der Waals surface area contributed by atoms with E-state index in [0.717, 1.165) is 25.7 Å². The Bertz CT molecular complexity index is 469. The molecule has 0 unspecified atom stereocenters. The van der Waals surface area contributed by atoms with Gasteiger partial charge in [0, 0.05) is 0 Å². The molecule has 5 nitrogen and oxygen atoms in total. The van der Waals surface area contributed by atoms with Gasteiger partial charge in [-0.1, -0.05) is 76.9 Å². The molecular weight excluding hydrogens is 375 g/mol. The van der Waals surface area contributed by atoms with Crippen LogP contribution in [-0.2, 0) is 19.6 Å². The normalized spacial score (nSPS) is 11.5. The fraction of sp³-hybridized carbons (Fsp3) is 0.850. The van der Waals surface area contributed by atoms with Crippen molar-refractivity contribution in [3.63, 3.8) is 0 Å². The molecule has 0 radical (unpaired) electrons. The number of hydrogen-bond acceptors (Lipinski definition) is 4. The molecule has 0 aliphatic carbocycles. The number of carbonyl (C=O) groups excluding carboxylic acids is 1. The zero-order chi connectivity index (χ0) is 19.5. The summed E-state index contributed by atoms with van der Waals surface area (Å²) >= 11 is 0. The Morgan fingerprint density at radius 1 is 0.852 bits per heavy atom. The van der Waals surface area contributed by atoms with E-state index in [1.807, 2.05) is 0 Å². The summed E-state index contributed by atoms with van der Waals surface area (Å²) in [5, 5.41) is 0. The molecule has 0 aromatic rings. The largest absolute Gasteiger partial charge is 1.00 e. The van der Waals surface area contributed by atoms with Crippen LogP contribution in [0.1, 0.15) is 98.2 Å². The first-order chi connectivity index (χ1) is 12.5. The molecule has 0 atom stereocenters. The van der Waals surface area contributed by atoms with Gasteiger partial charge < -0.3 is 6.16 Å². The zero-order valence-corrected chi connectivity index (χ0v) is 20.3. The Morgan fingerprint density at radius 2 is 1.30 bits per heavy atom. The summed E-state index contributed by atoms with van der Waals surface area (Å²) in [7, 11) is -4.28. The Morgan fingerprint density at radius 3 is 1.78 bits per heavy atom. The quantitative estimate of drug-likeness (QED) is 0.123. The summed E-state index contributed by atoms with van der Waals surface area (Å²) in [5.41, 5.74) is 0. The van der Waals surface area contributed by atoms with Crippen LogP contribution in [0.4, 0.5) is 0 Å². The van der Waals surface area contributed by atoms with Crippen molar-refractivity contribution in [2.45, 2.75) is 96.8 Å². The van der Waals surface area contributed by atoms with Crippen LogP contribution < -0.4 is 29.6 Å². The van der Waals surface area contributed by atoms with Crippen LogP contribution >= 0.6 is 0 Å². The maximum Gasteiger partial charge on any atom is 1.00 e. The third-order valence-corrected chi connectivity index (χ3v) is 4.82. The minimum atomic E-state index is -4.28. The van der Waals surface area contributed by atoms with Crippen molar-refractivity contribution in [1.82, 2.24) is 0 Å². The van der Waals surface area contributed by atoms with Crippen molar-refractivity contribution in [2.24, 2.45) is 0 Å². The van der Waals surface area contributed by atoms with Gasteiger partial charge in [0.2, 0.25) is 0 Å². The Balaban J connectivity index is -0.00000312. The van der Waals surface area contributed by atoms with Gasteiger partial charge in [0.25, 0.3) is 10.1 Å². The number of carbonyl (C=O) groups is 1. The van der Waals surface area contributed by atoms with Gasteiger partial charge >= 0.3 is 35.5 Å². The SMILES string of the molecule is CCCCCCCC/C=C\CCCCCCCCOC(=O)CS(=O)(=O)O.[H-].[Na+]. The molecule has 0 heterocycles. The van der Waals surface area contributed by atoms with Crippen LogP contribution in [0.2, 0.25) is 0 Å². The molecule has 0 amide bonds. The number of hydrogen-bond donors (Lipinski definition) is 1. The monoisotopic (exact) mass is 414 g/mol. The molecule has 0 aromatic heterocycles. The van der Waals surface area contributed by atoms with Gasteiger partial charge in [0.15, 0.2) is 5.75 Å². The predicted octanol–water partition coefficient (Wildman–Crippen LogP) is 2.57. The summed E-state index contributed by atoms with van der Waals surface area (Å²) in [6.45, 7) is 2.46. The number of ether oxygens (including phenoxy) is 1. The van der Waals surface area contributed by atoms with Crippen molar-refractivity contribution in [2.75, 3.05) is 12.4 Å². The average molecular weight is 415 g/mol. The molecule has 156 valence electrons. The molecule has 27 heavy (non-hydrogen) atoms. The molecule has 0 spiro atoms. The van der Waals surface area contributed by atoms with Crippen molar-refractivity contribution < 1.29 is 53.5 Å². The molecule has 0 saturated heterocycles. The third-order valence-electron chi connectivity index (χ3n) is 4.22. The first-order valence-corrected chi connectivity index (χ1v) is 11.8. The van der Waals surface area contributed by atoms with Crippen LogP contribution in [0.15, 0.2) is 12.2 Å². The predicted molar refractivity (Wildman–Crippen MR) is 108 cm³/mol. The third kappa shape index (κ3) is 26.1. The zero-order valence-electron chi connectivity index (χ0n) is 18.5. The minimum Gasteiger partial charge on any atom is -1.00 e. The summed E-state index contributed by atoms with van der Waals surface area (Å²) in [6, 6.07) is 0. The topological polar surface area (TPSA) is 80.7 Å². The molecule has 1 N–H and O–H groups in total. The molecular formula is C20H39NaO5S. The molecule has 0 aliphatic heterocycles. The van der Waals surface area contributed by atoms with Crippen LogP contribution in [0, 0.1) is 0 Å². The van der Waals surface area contributed by atoms with E-state index in [4.69, 9.17) is 9.29 Å². The molecule has 7 heteroatoms.